The molecule has 0 radical (unpaired) electrons. The number of hydrogen-bond donors (Lipinski definition) is 0. The smallest absolute Gasteiger partial charge is 0.0462 e. The summed E-state index contributed by atoms with van der Waals surface area (Å²) >= 11 is 0. The van der Waals surface area contributed by atoms with Crippen LogP contribution in [0.5, 0.6) is 0 Å². The Bertz CT molecular complexity index is 1450. The van der Waals surface area contributed by atoms with Crippen LogP contribution >= 0.6 is 0 Å². The molecule has 2 heteroatoms. The summed E-state index contributed by atoms with van der Waals surface area (Å²) in [6.07, 6.45) is 3.72. The van der Waals surface area contributed by atoms with E-state index in [1.807, 2.05) is 36.4 Å². The molecule has 2 nitrogen and oxygen atoms in total. The van der Waals surface area contributed by atoms with E-state index in [1.165, 1.54) is 0 Å². The van der Waals surface area contributed by atoms with Crippen LogP contribution in [0.2, 0.25) is 0 Å². The van der Waals surface area contributed by atoms with Gasteiger partial charge in [0.2, 0.25) is 0 Å². The molecule has 0 aliphatic heterocycles. The highest BCUT2D eigenvalue weighted by atomic mass is 15.1. The molecule has 6 aromatic carbocycles. The molecule has 0 aliphatic carbocycles. The minimum Gasteiger partial charge on any atom is -0.311 e. The third-order valence-corrected chi connectivity index (χ3v) is 6.83. The van der Waals surface area contributed by atoms with Gasteiger partial charge >= 0.3 is 0 Å². The maximum atomic E-state index is 3.81. The van der Waals surface area contributed by atoms with Gasteiger partial charge in [-0.3, -0.25) is 0 Å². The molecule has 0 aliphatic rings. The maximum absolute atomic E-state index is 3.81. The van der Waals surface area contributed by atoms with Crippen LogP contribution in [0.15, 0.2) is 183 Å². The summed E-state index contributed by atoms with van der Waals surface area (Å²) in [7, 11) is 0. The molecule has 0 atom stereocenters. The van der Waals surface area contributed by atoms with Crippen molar-refractivity contribution in [2.45, 2.75) is 0 Å². The van der Waals surface area contributed by atoms with Crippen molar-refractivity contribution in [1.82, 2.24) is 0 Å². The predicted molar refractivity (Wildman–Crippen MR) is 182 cm³/mol. The third kappa shape index (κ3) is 6.93. The Balaban J connectivity index is 0.000000168. The van der Waals surface area contributed by atoms with E-state index in [9.17, 15) is 0 Å². The van der Waals surface area contributed by atoms with E-state index in [4.69, 9.17) is 0 Å². The lowest BCUT2D eigenvalue weighted by molar-refractivity contribution is 1.28. The molecule has 0 saturated heterocycles. The van der Waals surface area contributed by atoms with Gasteiger partial charge in [0.25, 0.3) is 0 Å². The van der Waals surface area contributed by atoms with Crippen LogP contribution in [-0.4, -0.2) is 0 Å². The Kier molecular flexibility index (Phi) is 9.42. The van der Waals surface area contributed by atoms with Crippen molar-refractivity contribution in [3.63, 3.8) is 0 Å². The zero-order valence-electron chi connectivity index (χ0n) is 23.6. The molecule has 0 spiro atoms. The molecular weight excluding hydrogens is 508 g/mol. The summed E-state index contributed by atoms with van der Waals surface area (Å²) in [5.41, 5.74) is 9.12. The van der Waals surface area contributed by atoms with E-state index in [1.54, 1.807) is 0 Å². The standard InChI is InChI=1S/2C20H17N/c2*1-2-17-13-15-20(16-14-17)21(18-9-5-3-6-10-18)19-11-7-4-8-12-19/h2*2-16H,1H2. The van der Waals surface area contributed by atoms with Crippen LogP contribution in [0, 0.1) is 0 Å². The highest BCUT2D eigenvalue weighted by Gasteiger charge is 2.12. The second kappa shape index (κ2) is 14.2. The SMILES string of the molecule is C=Cc1ccc(N(c2ccccc2)c2ccccc2)cc1.C=Cc1ccc(N(c2ccccc2)c2ccccc2)cc1. The first-order valence-electron chi connectivity index (χ1n) is 14.0. The zero-order chi connectivity index (χ0) is 29.0. The van der Waals surface area contributed by atoms with Gasteiger partial charge in [-0.25, -0.2) is 0 Å². The van der Waals surface area contributed by atoms with Crippen molar-refractivity contribution in [3.8, 4) is 0 Å². The molecule has 0 amide bonds. The van der Waals surface area contributed by atoms with Crippen molar-refractivity contribution in [2.75, 3.05) is 9.80 Å². The Hall–Kier alpha value is -5.60. The van der Waals surface area contributed by atoms with E-state index < -0.39 is 0 Å². The lowest BCUT2D eigenvalue weighted by Crippen LogP contribution is -2.09. The number of anilines is 6. The Morgan fingerprint density at radius 2 is 0.500 bits per heavy atom. The number of rotatable bonds is 8. The molecule has 204 valence electrons. The number of benzene rings is 6. The second-order valence-corrected chi connectivity index (χ2v) is 9.60. The first-order valence-corrected chi connectivity index (χ1v) is 14.0. The molecule has 6 aromatic rings. The number of hydrogen-bond acceptors (Lipinski definition) is 2. The van der Waals surface area contributed by atoms with Crippen LogP contribution in [0.3, 0.4) is 0 Å². The quantitative estimate of drug-likeness (QED) is 0.189. The van der Waals surface area contributed by atoms with Gasteiger partial charge in [-0.2, -0.15) is 0 Å². The number of nitrogens with zero attached hydrogens (tertiary/aromatic N) is 2. The fraction of sp³-hybridized carbons (Fsp3) is 0. The summed E-state index contributed by atoms with van der Waals surface area (Å²) in [5, 5.41) is 0. The van der Waals surface area contributed by atoms with Crippen molar-refractivity contribution in [3.05, 3.63) is 194 Å². The molecule has 0 bridgehead atoms. The van der Waals surface area contributed by atoms with Gasteiger partial charge in [0.15, 0.2) is 0 Å². The fourth-order valence-corrected chi connectivity index (χ4v) is 4.72. The average molecular weight is 543 g/mol. The molecule has 42 heavy (non-hydrogen) atoms. The van der Waals surface area contributed by atoms with Gasteiger partial charge in [-0.05, 0) is 83.9 Å². The van der Waals surface area contributed by atoms with Crippen LogP contribution in [0.4, 0.5) is 34.1 Å². The van der Waals surface area contributed by atoms with E-state index in [0.717, 1.165) is 45.3 Å². The van der Waals surface area contributed by atoms with Crippen molar-refractivity contribution in [1.29, 1.82) is 0 Å². The largest absolute Gasteiger partial charge is 0.311 e. The van der Waals surface area contributed by atoms with Crippen LogP contribution in [0.1, 0.15) is 11.1 Å². The summed E-state index contributed by atoms with van der Waals surface area (Å²) in [6.45, 7) is 7.62. The van der Waals surface area contributed by atoms with Gasteiger partial charge in [-0.15, -0.1) is 0 Å². The first kappa shape index (κ1) is 27.9. The van der Waals surface area contributed by atoms with Gasteiger partial charge in [0, 0.05) is 34.1 Å². The maximum Gasteiger partial charge on any atom is 0.0462 e. The van der Waals surface area contributed by atoms with Crippen molar-refractivity contribution < 1.29 is 0 Å². The van der Waals surface area contributed by atoms with Crippen molar-refractivity contribution >= 4 is 46.3 Å². The molecule has 0 fully saturated rings. The summed E-state index contributed by atoms with van der Waals surface area (Å²) in [6, 6.07) is 58.4. The van der Waals surface area contributed by atoms with Crippen LogP contribution in [-0.2, 0) is 0 Å². The fourth-order valence-electron chi connectivity index (χ4n) is 4.72. The molecule has 0 aromatic heterocycles. The van der Waals surface area contributed by atoms with Crippen LogP contribution < -0.4 is 9.80 Å². The third-order valence-electron chi connectivity index (χ3n) is 6.83. The minimum atomic E-state index is 1.12. The molecule has 0 heterocycles. The minimum absolute atomic E-state index is 1.12. The topological polar surface area (TPSA) is 6.48 Å². The van der Waals surface area contributed by atoms with Gasteiger partial charge in [-0.1, -0.05) is 122 Å². The molecule has 0 saturated carbocycles. The normalized spacial score (nSPS) is 10.1. The van der Waals surface area contributed by atoms with E-state index in [-0.39, 0.29) is 0 Å². The van der Waals surface area contributed by atoms with E-state index in [0.29, 0.717) is 0 Å². The Labute approximate surface area is 249 Å². The summed E-state index contributed by atoms with van der Waals surface area (Å²) < 4.78 is 0. The predicted octanol–water partition coefficient (Wildman–Crippen LogP) is 11.6. The Morgan fingerprint density at radius 1 is 0.286 bits per heavy atom. The van der Waals surface area contributed by atoms with Gasteiger partial charge in [0.1, 0.15) is 0 Å². The van der Waals surface area contributed by atoms with Gasteiger partial charge in [0.05, 0.1) is 0 Å². The van der Waals surface area contributed by atoms with E-state index in [2.05, 4.69) is 169 Å². The van der Waals surface area contributed by atoms with Gasteiger partial charge < -0.3 is 9.80 Å². The van der Waals surface area contributed by atoms with E-state index >= 15 is 0 Å². The monoisotopic (exact) mass is 542 g/mol. The molecule has 6 rings (SSSR count). The average Bonchev–Trinajstić information content (AvgIpc) is 3.08. The highest BCUT2D eigenvalue weighted by molar-refractivity contribution is 5.78. The van der Waals surface area contributed by atoms with Crippen LogP contribution in [0.25, 0.3) is 12.2 Å². The molecule has 0 unspecified atom stereocenters. The molecular formula is C40H34N2. The van der Waals surface area contributed by atoms with Crippen molar-refractivity contribution in [2.24, 2.45) is 0 Å². The second-order valence-electron chi connectivity index (χ2n) is 9.60. The Morgan fingerprint density at radius 3 is 0.714 bits per heavy atom. The lowest BCUT2D eigenvalue weighted by atomic mass is 10.1. The lowest BCUT2D eigenvalue weighted by Gasteiger charge is -2.25. The number of para-hydroxylation sites is 4. The molecule has 0 N–H and O–H groups in total. The summed E-state index contributed by atoms with van der Waals surface area (Å²) in [5.74, 6) is 0. The summed E-state index contributed by atoms with van der Waals surface area (Å²) in [4.78, 5) is 4.49. The highest BCUT2D eigenvalue weighted by Crippen LogP contribution is 2.35. The first-order chi connectivity index (χ1) is 20.8. The zero-order valence-corrected chi connectivity index (χ0v) is 23.6.